The molecule has 0 fully saturated rings. The van der Waals surface area contributed by atoms with Gasteiger partial charge in [0, 0.05) is 11.1 Å². The predicted octanol–water partition coefficient (Wildman–Crippen LogP) is 6.80. The molecule has 0 atom stereocenters. The number of benzene rings is 5. The first-order chi connectivity index (χ1) is 16.6. The van der Waals surface area contributed by atoms with Crippen molar-refractivity contribution in [3.8, 4) is 22.3 Å². The molecule has 2 nitrogen and oxygen atoms in total. The van der Waals surface area contributed by atoms with E-state index in [1.807, 2.05) is 97.1 Å². The number of hydrogen-bond acceptors (Lipinski definition) is 2. The molecule has 0 aliphatic rings. The normalized spacial score (nSPS) is 11.4. The SMILES string of the molecule is OC(O)(c1ccccc1)c1ccc(Cc2ccccc2)c(-c2ccccc2)c1-c1ccccc1. The monoisotopic (exact) mass is 442 g/mol. The van der Waals surface area contributed by atoms with E-state index in [1.165, 1.54) is 5.56 Å². The van der Waals surface area contributed by atoms with Crippen LogP contribution in [0.3, 0.4) is 0 Å². The molecule has 0 saturated carbocycles. The van der Waals surface area contributed by atoms with Gasteiger partial charge in [-0.1, -0.05) is 133 Å². The van der Waals surface area contributed by atoms with E-state index in [-0.39, 0.29) is 0 Å². The van der Waals surface area contributed by atoms with Gasteiger partial charge in [0.05, 0.1) is 0 Å². The topological polar surface area (TPSA) is 40.5 Å². The first kappa shape index (κ1) is 21.8. The van der Waals surface area contributed by atoms with Crippen molar-refractivity contribution >= 4 is 0 Å². The summed E-state index contributed by atoms with van der Waals surface area (Å²) in [7, 11) is 0. The summed E-state index contributed by atoms with van der Waals surface area (Å²) in [6, 6.07) is 43.4. The molecule has 0 saturated heterocycles. The summed E-state index contributed by atoms with van der Waals surface area (Å²) in [4.78, 5) is 0. The Morgan fingerprint density at radius 2 is 0.941 bits per heavy atom. The lowest BCUT2D eigenvalue weighted by Crippen LogP contribution is -2.27. The Kier molecular flexibility index (Phi) is 6.09. The van der Waals surface area contributed by atoms with Crippen LogP contribution in [0.2, 0.25) is 0 Å². The molecule has 0 aliphatic carbocycles. The fourth-order valence-corrected chi connectivity index (χ4v) is 4.56. The first-order valence-corrected chi connectivity index (χ1v) is 11.5. The maximum absolute atomic E-state index is 11.5. The molecule has 5 rings (SSSR count). The van der Waals surface area contributed by atoms with E-state index in [9.17, 15) is 10.2 Å². The summed E-state index contributed by atoms with van der Waals surface area (Å²) >= 11 is 0. The van der Waals surface area contributed by atoms with Crippen LogP contribution in [0, 0.1) is 0 Å². The smallest absolute Gasteiger partial charge is 0.217 e. The first-order valence-electron chi connectivity index (χ1n) is 11.5. The molecule has 0 spiro atoms. The van der Waals surface area contributed by atoms with E-state index < -0.39 is 5.79 Å². The van der Waals surface area contributed by atoms with Crippen LogP contribution < -0.4 is 0 Å². The van der Waals surface area contributed by atoms with Crippen LogP contribution in [0.4, 0.5) is 0 Å². The molecule has 0 aliphatic heterocycles. The fourth-order valence-electron chi connectivity index (χ4n) is 4.56. The third-order valence-electron chi connectivity index (χ3n) is 6.21. The van der Waals surface area contributed by atoms with E-state index in [1.54, 1.807) is 12.1 Å². The Hall–Kier alpha value is -3.98. The Morgan fingerprint density at radius 3 is 1.50 bits per heavy atom. The highest BCUT2D eigenvalue weighted by Gasteiger charge is 2.33. The highest BCUT2D eigenvalue weighted by Crippen LogP contribution is 2.43. The number of hydrogen-bond donors (Lipinski definition) is 2. The molecular formula is C32H26O2. The molecule has 166 valence electrons. The van der Waals surface area contributed by atoms with Gasteiger partial charge in [-0.3, -0.25) is 0 Å². The van der Waals surface area contributed by atoms with E-state index in [2.05, 4.69) is 24.3 Å². The Bertz CT molecular complexity index is 1360. The van der Waals surface area contributed by atoms with Crippen molar-refractivity contribution in [2.45, 2.75) is 12.2 Å². The van der Waals surface area contributed by atoms with Crippen molar-refractivity contribution in [2.75, 3.05) is 0 Å². The van der Waals surface area contributed by atoms with Crippen molar-refractivity contribution < 1.29 is 10.2 Å². The lowest BCUT2D eigenvalue weighted by molar-refractivity contribution is -0.131. The molecule has 5 aromatic rings. The minimum absolute atomic E-state index is 0.432. The molecule has 0 bridgehead atoms. The third kappa shape index (κ3) is 4.29. The summed E-state index contributed by atoms with van der Waals surface area (Å²) in [5.74, 6) is -2.15. The quantitative estimate of drug-likeness (QED) is 0.284. The molecule has 0 unspecified atom stereocenters. The minimum Gasteiger partial charge on any atom is -0.358 e. The Labute approximate surface area is 200 Å². The van der Waals surface area contributed by atoms with Gasteiger partial charge in [0.15, 0.2) is 0 Å². The van der Waals surface area contributed by atoms with Crippen molar-refractivity contribution in [2.24, 2.45) is 0 Å². The van der Waals surface area contributed by atoms with Crippen LogP contribution in [-0.4, -0.2) is 10.2 Å². The summed E-state index contributed by atoms with van der Waals surface area (Å²) in [6.45, 7) is 0. The number of aliphatic hydroxyl groups is 2. The highest BCUT2D eigenvalue weighted by molar-refractivity contribution is 5.89. The zero-order valence-electron chi connectivity index (χ0n) is 18.8. The van der Waals surface area contributed by atoms with Crippen LogP contribution in [-0.2, 0) is 12.2 Å². The maximum Gasteiger partial charge on any atom is 0.217 e. The molecule has 0 radical (unpaired) electrons. The average Bonchev–Trinajstić information content (AvgIpc) is 2.90. The zero-order chi connectivity index (χ0) is 23.4. The van der Waals surface area contributed by atoms with E-state index in [0.29, 0.717) is 11.1 Å². The molecule has 0 amide bonds. The van der Waals surface area contributed by atoms with Crippen molar-refractivity contribution in [3.05, 3.63) is 156 Å². The van der Waals surface area contributed by atoms with Crippen LogP contribution in [0.15, 0.2) is 133 Å². The molecule has 2 heteroatoms. The number of rotatable bonds is 6. The van der Waals surface area contributed by atoms with Gasteiger partial charge < -0.3 is 10.2 Å². The molecule has 0 heterocycles. The van der Waals surface area contributed by atoms with Gasteiger partial charge in [0.1, 0.15) is 0 Å². The standard InChI is InChI=1S/C32H26O2/c33-32(34,28-19-11-4-12-20-28)29-22-21-27(23-24-13-5-1-6-14-24)30(25-15-7-2-8-16-25)31(29)26-17-9-3-10-18-26/h1-22,33-34H,23H2. The van der Waals surface area contributed by atoms with Crippen molar-refractivity contribution in [3.63, 3.8) is 0 Å². The molecule has 2 N–H and O–H groups in total. The second kappa shape index (κ2) is 9.48. The molecule has 5 aromatic carbocycles. The Morgan fingerprint density at radius 1 is 0.471 bits per heavy atom. The summed E-state index contributed by atoms with van der Waals surface area (Å²) in [5.41, 5.74) is 7.04. The van der Waals surface area contributed by atoms with Crippen LogP contribution >= 0.6 is 0 Å². The lowest BCUT2D eigenvalue weighted by Gasteiger charge is -2.28. The van der Waals surface area contributed by atoms with Gasteiger partial charge in [0.2, 0.25) is 5.79 Å². The van der Waals surface area contributed by atoms with Gasteiger partial charge >= 0.3 is 0 Å². The van der Waals surface area contributed by atoms with Crippen LogP contribution in [0.5, 0.6) is 0 Å². The molecule has 0 aromatic heterocycles. The summed E-state index contributed by atoms with van der Waals surface area (Å²) in [5, 5.41) is 23.0. The van der Waals surface area contributed by atoms with Gasteiger partial charge in [-0.2, -0.15) is 0 Å². The van der Waals surface area contributed by atoms with Gasteiger partial charge in [-0.25, -0.2) is 0 Å². The van der Waals surface area contributed by atoms with Gasteiger partial charge in [0.25, 0.3) is 0 Å². The lowest BCUT2D eigenvalue weighted by atomic mass is 9.81. The molecular weight excluding hydrogens is 416 g/mol. The van der Waals surface area contributed by atoms with E-state index in [4.69, 9.17) is 0 Å². The van der Waals surface area contributed by atoms with Crippen molar-refractivity contribution in [1.82, 2.24) is 0 Å². The van der Waals surface area contributed by atoms with Crippen molar-refractivity contribution in [1.29, 1.82) is 0 Å². The predicted molar refractivity (Wildman–Crippen MR) is 138 cm³/mol. The van der Waals surface area contributed by atoms with E-state index in [0.717, 1.165) is 34.2 Å². The molecule has 34 heavy (non-hydrogen) atoms. The second-order valence-corrected chi connectivity index (χ2v) is 8.45. The highest BCUT2D eigenvalue weighted by atomic mass is 16.5. The maximum atomic E-state index is 11.5. The fraction of sp³-hybridized carbons (Fsp3) is 0.0625. The second-order valence-electron chi connectivity index (χ2n) is 8.45. The minimum atomic E-state index is -2.15. The van der Waals surface area contributed by atoms with Gasteiger partial charge in [-0.05, 0) is 39.8 Å². The van der Waals surface area contributed by atoms with Gasteiger partial charge in [-0.15, -0.1) is 0 Å². The summed E-state index contributed by atoms with van der Waals surface area (Å²) in [6.07, 6.45) is 0.736. The summed E-state index contributed by atoms with van der Waals surface area (Å²) < 4.78 is 0. The van der Waals surface area contributed by atoms with Crippen LogP contribution in [0.1, 0.15) is 22.3 Å². The third-order valence-corrected chi connectivity index (χ3v) is 6.21. The largest absolute Gasteiger partial charge is 0.358 e. The van der Waals surface area contributed by atoms with Crippen LogP contribution in [0.25, 0.3) is 22.3 Å². The average molecular weight is 443 g/mol. The zero-order valence-corrected chi connectivity index (χ0v) is 18.8. The Balaban J connectivity index is 1.82. The van der Waals surface area contributed by atoms with E-state index >= 15 is 0 Å².